The Morgan fingerprint density at radius 1 is 0.553 bits per heavy atom. The Morgan fingerprint density at radius 3 is 0.957 bits per heavy atom. The van der Waals surface area contributed by atoms with Crippen molar-refractivity contribution in [3.8, 4) is 0 Å². The summed E-state index contributed by atoms with van der Waals surface area (Å²) in [6.07, 6.45) is -12.2. The molecule has 1 radical (unpaired) electrons. The Labute approximate surface area is 269 Å². The van der Waals surface area contributed by atoms with Gasteiger partial charge in [-0.3, -0.25) is 9.59 Å². The van der Waals surface area contributed by atoms with Crippen LogP contribution in [-0.2, 0) is 26.7 Å². The summed E-state index contributed by atoms with van der Waals surface area (Å²) in [5.41, 5.74) is -6.20. The number of rotatable bonds is 4. The molecule has 0 aromatic rings. The molecular weight excluding hydrogens is 721 g/mol. The van der Waals surface area contributed by atoms with E-state index in [0.717, 1.165) is 0 Å². The summed E-state index contributed by atoms with van der Waals surface area (Å²) in [5, 5.41) is 19.1. The van der Waals surface area contributed by atoms with Gasteiger partial charge in [0, 0.05) is 39.0 Å². The van der Waals surface area contributed by atoms with Gasteiger partial charge in [0.15, 0.2) is 23.1 Å². The van der Waals surface area contributed by atoms with E-state index in [4.69, 9.17) is 0 Å². The second-order valence-electron chi connectivity index (χ2n) is 13.8. The van der Waals surface area contributed by atoms with Gasteiger partial charge < -0.3 is 10.2 Å². The number of carbonyl (C=O) groups is 2. The molecule has 0 aromatic carbocycles. The van der Waals surface area contributed by atoms with Gasteiger partial charge in [-0.05, 0) is 48.3 Å². The molecule has 0 saturated heterocycles. The minimum atomic E-state index is -6.56. The SMILES string of the molecule is CC12CCC(/C(=C(/O)C(F)(F)C(F)(F)C(F)(F)F)C1=O)C2(C)C.CC12CCC(/C(=C(/O)C(F)(F)C(F)(F)C(F)(F)F)C1=O)C2(C)C.[Mn]. The van der Waals surface area contributed by atoms with Gasteiger partial charge in [0.1, 0.15) is 0 Å². The van der Waals surface area contributed by atoms with Crippen LogP contribution in [0.1, 0.15) is 67.2 Å². The molecule has 0 spiro atoms. The van der Waals surface area contributed by atoms with E-state index >= 15 is 0 Å². The first kappa shape index (κ1) is 41.1. The number of ketones is 2. The maximum absolute atomic E-state index is 13.7. The van der Waals surface area contributed by atoms with Gasteiger partial charge in [-0.1, -0.05) is 41.5 Å². The minimum Gasteiger partial charge on any atom is -0.506 e. The second-order valence-corrected chi connectivity index (χ2v) is 13.8. The van der Waals surface area contributed by atoms with E-state index in [2.05, 4.69) is 0 Å². The molecule has 4 bridgehead atoms. The van der Waals surface area contributed by atoms with Crippen LogP contribution >= 0.6 is 0 Å². The van der Waals surface area contributed by atoms with Crippen molar-refractivity contribution in [3.05, 3.63) is 22.7 Å². The van der Waals surface area contributed by atoms with E-state index in [-0.39, 0.29) is 29.9 Å². The normalized spacial score (nSPS) is 32.6. The predicted octanol–water partition coefficient (Wildman–Crippen LogP) is 9.31. The fourth-order valence-corrected chi connectivity index (χ4v) is 7.27. The Bertz CT molecular complexity index is 1290. The van der Waals surface area contributed by atoms with Crippen LogP contribution in [0.2, 0.25) is 0 Å². The van der Waals surface area contributed by atoms with Gasteiger partial charge in [-0.25, -0.2) is 0 Å². The number of aliphatic hydroxyl groups excluding tert-OH is 2. The van der Waals surface area contributed by atoms with Crippen molar-refractivity contribution in [2.75, 3.05) is 0 Å². The predicted molar refractivity (Wildman–Crippen MR) is 130 cm³/mol. The van der Waals surface area contributed by atoms with Gasteiger partial charge in [-0.2, -0.15) is 61.5 Å². The molecule has 4 saturated carbocycles. The van der Waals surface area contributed by atoms with Gasteiger partial charge >= 0.3 is 36.0 Å². The van der Waals surface area contributed by atoms with Crippen LogP contribution in [0.15, 0.2) is 22.7 Å². The number of aliphatic hydroxyl groups is 2. The van der Waals surface area contributed by atoms with Crippen LogP contribution in [0.3, 0.4) is 0 Å². The third-order valence-electron chi connectivity index (χ3n) is 11.2. The first-order chi connectivity index (χ1) is 20.1. The molecule has 271 valence electrons. The van der Waals surface area contributed by atoms with Crippen LogP contribution < -0.4 is 0 Å². The summed E-state index contributed by atoms with van der Waals surface area (Å²) in [6, 6.07) is 0. The van der Waals surface area contributed by atoms with E-state index < -0.39 is 104 Å². The topological polar surface area (TPSA) is 74.6 Å². The van der Waals surface area contributed by atoms with Gasteiger partial charge in [-0.15, -0.1) is 0 Å². The monoisotopic (exact) mass is 751 g/mol. The van der Waals surface area contributed by atoms with E-state index in [1.807, 2.05) is 0 Å². The molecule has 4 unspecified atom stereocenters. The quantitative estimate of drug-likeness (QED) is 0.130. The average molecular weight is 751 g/mol. The smallest absolute Gasteiger partial charge is 0.460 e. The number of Topliss-reactive ketones (excluding diaryl/α,β-unsaturated/α-hetero) is 2. The van der Waals surface area contributed by atoms with E-state index in [9.17, 15) is 81.3 Å². The number of carbonyl (C=O) groups excluding carboxylic acids is 2. The van der Waals surface area contributed by atoms with Crippen LogP contribution in [0.5, 0.6) is 0 Å². The summed E-state index contributed by atoms with van der Waals surface area (Å²) in [4.78, 5) is 24.6. The molecule has 47 heavy (non-hydrogen) atoms. The first-order valence-electron chi connectivity index (χ1n) is 13.7. The van der Waals surface area contributed by atoms with E-state index in [1.54, 1.807) is 27.7 Å². The maximum atomic E-state index is 13.7. The van der Waals surface area contributed by atoms with Crippen LogP contribution in [0.25, 0.3) is 0 Å². The third-order valence-corrected chi connectivity index (χ3v) is 11.2. The molecule has 4 atom stereocenters. The fourth-order valence-electron chi connectivity index (χ4n) is 7.27. The average Bonchev–Trinajstić information content (AvgIpc) is 3.37. The fraction of sp³-hybridized carbons (Fsp3) is 0.786. The number of allylic oxidation sites excluding steroid dienone is 4. The molecule has 2 N–H and O–H groups in total. The van der Waals surface area contributed by atoms with Crippen molar-refractivity contribution in [1.29, 1.82) is 0 Å². The van der Waals surface area contributed by atoms with Gasteiger partial charge in [0.25, 0.3) is 0 Å². The summed E-state index contributed by atoms with van der Waals surface area (Å²) < 4.78 is 181. The zero-order valence-electron chi connectivity index (χ0n) is 25.4. The molecule has 0 aromatic heterocycles. The number of halogens is 14. The Balaban J connectivity index is 0.000000320. The second kappa shape index (κ2) is 11.0. The molecule has 4 nitrogen and oxygen atoms in total. The summed E-state index contributed by atoms with van der Waals surface area (Å²) in [7, 11) is 0. The van der Waals surface area contributed by atoms with Crippen molar-refractivity contribution in [2.45, 2.75) is 103 Å². The number of hydrogen-bond acceptors (Lipinski definition) is 4. The van der Waals surface area contributed by atoms with Crippen molar-refractivity contribution in [2.24, 2.45) is 33.5 Å². The molecular formula is C28H30F14MnO4. The minimum absolute atomic E-state index is 0. The number of alkyl halides is 14. The Hall–Kier alpha value is -2.04. The number of fused-ring (bicyclic) bond motifs is 4. The van der Waals surface area contributed by atoms with E-state index in [1.165, 1.54) is 13.8 Å². The molecule has 4 rings (SSSR count). The molecule has 4 aliphatic rings. The van der Waals surface area contributed by atoms with Crippen LogP contribution in [0.4, 0.5) is 61.5 Å². The molecule has 0 amide bonds. The third kappa shape index (κ3) is 5.04. The van der Waals surface area contributed by atoms with Crippen molar-refractivity contribution in [1.82, 2.24) is 0 Å². The summed E-state index contributed by atoms with van der Waals surface area (Å²) in [5.74, 6) is -33.7. The standard InChI is InChI=1S/2C14H15F7O2.Mn/c2*1-10(2)6-4-5-11(10,3)8(22)7(6)9(23)12(15,16)13(17,18)14(19,20)21;/h2*6,23H,4-5H2,1-3H3;/b2*9-7-;. The molecule has 0 heterocycles. The van der Waals surface area contributed by atoms with Gasteiger partial charge in [0.05, 0.1) is 0 Å². The zero-order chi connectivity index (χ0) is 36.4. The summed E-state index contributed by atoms with van der Waals surface area (Å²) in [6.45, 7) is 9.06. The maximum Gasteiger partial charge on any atom is 0.460 e. The number of hydrogen-bond donors (Lipinski definition) is 2. The molecule has 4 aliphatic carbocycles. The van der Waals surface area contributed by atoms with Crippen molar-refractivity contribution < 1.29 is 98.3 Å². The first-order valence-corrected chi connectivity index (χ1v) is 13.7. The molecule has 4 fully saturated rings. The van der Waals surface area contributed by atoms with Crippen molar-refractivity contribution in [3.63, 3.8) is 0 Å². The molecule has 0 aliphatic heterocycles. The largest absolute Gasteiger partial charge is 0.506 e. The molecule has 19 heteroatoms. The zero-order valence-corrected chi connectivity index (χ0v) is 26.5. The van der Waals surface area contributed by atoms with Crippen molar-refractivity contribution >= 4 is 11.6 Å². The van der Waals surface area contributed by atoms with Crippen LogP contribution in [0, 0.1) is 33.5 Å². The Morgan fingerprint density at radius 2 is 0.787 bits per heavy atom. The summed E-state index contributed by atoms with van der Waals surface area (Å²) >= 11 is 0. The van der Waals surface area contributed by atoms with Gasteiger partial charge in [0.2, 0.25) is 0 Å². The Kier molecular flexibility index (Phi) is 9.61. The van der Waals surface area contributed by atoms with E-state index in [0.29, 0.717) is 12.8 Å². The van der Waals surface area contributed by atoms with Crippen LogP contribution in [-0.4, -0.2) is 57.8 Å².